The molecule has 30 heavy (non-hydrogen) atoms. The van der Waals surface area contributed by atoms with E-state index in [-0.39, 0.29) is 30.1 Å². The summed E-state index contributed by atoms with van der Waals surface area (Å²) in [6, 6.07) is 18.0. The summed E-state index contributed by atoms with van der Waals surface area (Å²) in [4.78, 5) is 26.9. The first-order valence-electron chi connectivity index (χ1n) is 9.56. The van der Waals surface area contributed by atoms with E-state index < -0.39 is 5.43 Å². The number of hydrogen-bond donors (Lipinski definition) is 0. The molecular weight excluding hydrogens is 406 g/mol. The minimum absolute atomic E-state index is 0.0208. The lowest BCUT2D eigenvalue weighted by Crippen LogP contribution is -2.42. The standard InChI is InChI=1S/C23H20ClNO5/c24-18-8-6-16(7-9-18)14-29-22-15-30-20(12-19(22)26)23(27)25-10-11-28-21(13-25)17-4-2-1-3-5-17/h1-9,12,15,21H,10-11,13-14H2. The van der Waals surface area contributed by atoms with E-state index in [2.05, 4.69) is 0 Å². The molecule has 0 N–H and O–H groups in total. The molecule has 154 valence electrons. The van der Waals surface area contributed by atoms with Crippen molar-refractivity contribution in [1.82, 2.24) is 4.90 Å². The Morgan fingerprint density at radius 1 is 1.13 bits per heavy atom. The Bertz CT molecular complexity index is 1060. The van der Waals surface area contributed by atoms with Gasteiger partial charge in [-0.15, -0.1) is 0 Å². The zero-order valence-electron chi connectivity index (χ0n) is 16.1. The van der Waals surface area contributed by atoms with Gasteiger partial charge < -0.3 is 18.8 Å². The van der Waals surface area contributed by atoms with Crippen molar-refractivity contribution >= 4 is 17.5 Å². The highest BCUT2D eigenvalue weighted by Gasteiger charge is 2.27. The topological polar surface area (TPSA) is 69.0 Å². The van der Waals surface area contributed by atoms with Gasteiger partial charge in [-0.25, -0.2) is 0 Å². The SMILES string of the molecule is O=C(c1cc(=O)c(OCc2ccc(Cl)cc2)co1)N1CCOC(c2ccccc2)C1. The lowest BCUT2D eigenvalue weighted by atomic mass is 10.1. The summed E-state index contributed by atoms with van der Waals surface area (Å²) in [6.07, 6.45) is 0.971. The Morgan fingerprint density at radius 2 is 1.90 bits per heavy atom. The van der Waals surface area contributed by atoms with Gasteiger partial charge in [-0.3, -0.25) is 9.59 Å². The van der Waals surface area contributed by atoms with E-state index >= 15 is 0 Å². The quantitative estimate of drug-likeness (QED) is 0.616. The third-order valence-electron chi connectivity index (χ3n) is 4.84. The number of benzene rings is 2. The van der Waals surface area contributed by atoms with Crippen molar-refractivity contribution in [1.29, 1.82) is 0 Å². The molecule has 3 aromatic rings. The Hall–Kier alpha value is -3.09. The number of amides is 1. The van der Waals surface area contributed by atoms with Crippen LogP contribution in [0.1, 0.15) is 27.8 Å². The van der Waals surface area contributed by atoms with Crippen molar-refractivity contribution in [2.24, 2.45) is 0 Å². The van der Waals surface area contributed by atoms with Crippen molar-refractivity contribution in [2.75, 3.05) is 19.7 Å². The predicted octanol–water partition coefficient (Wildman–Crippen LogP) is 4.09. The number of carbonyl (C=O) groups excluding carboxylic acids is 1. The molecule has 0 saturated carbocycles. The van der Waals surface area contributed by atoms with Gasteiger partial charge in [-0.1, -0.05) is 54.1 Å². The van der Waals surface area contributed by atoms with Crippen LogP contribution in [0.4, 0.5) is 0 Å². The molecule has 1 aliphatic rings. The van der Waals surface area contributed by atoms with E-state index in [0.29, 0.717) is 24.7 Å². The molecule has 0 bridgehead atoms. The molecule has 6 nitrogen and oxygen atoms in total. The lowest BCUT2D eigenvalue weighted by molar-refractivity contribution is -0.0238. The molecule has 1 atom stereocenters. The van der Waals surface area contributed by atoms with Crippen LogP contribution in [-0.2, 0) is 11.3 Å². The molecule has 0 radical (unpaired) electrons. The first-order valence-corrected chi connectivity index (χ1v) is 9.94. The van der Waals surface area contributed by atoms with Crippen LogP contribution in [0.2, 0.25) is 5.02 Å². The summed E-state index contributed by atoms with van der Waals surface area (Å²) in [7, 11) is 0. The van der Waals surface area contributed by atoms with Crippen LogP contribution in [0.25, 0.3) is 0 Å². The number of hydrogen-bond acceptors (Lipinski definition) is 5. The Kier molecular flexibility index (Phi) is 6.16. The normalized spacial score (nSPS) is 16.3. The van der Waals surface area contributed by atoms with Gasteiger partial charge in [0.1, 0.15) is 19.0 Å². The average Bonchev–Trinajstić information content (AvgIpc) is 2.79. The Balaban J connectivity index is 1.42. The van der Waals surface area contributed by atoms with Gasteiger partial charge in [0.05, 0.1) is 13.2 Å². The van der Waals surface area contributed by atoms with E-state index in [9.17, 15) is 9.59 Å². The van der Waals surface area contributed by atoms with Gasteiger partial charge in [-0.2, -0.15) is 0 Å². The summed E-state index contributed by atoms with van der Waals surface area (Å²) >= 11 is 5.86. The fourth-order valence-corrected chi connectivity index (χ4v) is 3.34. The predicted molar refractivity (Wildman–Crippen MR) is 112 cm³/mol. The zero-order valence-corrected chi connectivity index (χ0v) is 16.9. The molecular formula is C23H20ClNO5. The van der Waals surface area contributed by atoms with Crippen LogP contribution < -0.4 is 10.2 Å². The van der Waals surface area contributed by atoms with Gasteiger partial charge in [0, 0.05) is 17.6 Å². The molecule has 1 amide bonds. The number of halogens is 1. The maximum Gasteiger partial charge on any atom is 0.289 e. The van der Waals surface area contributed by atoms with Crippen LogP contribution in [0.15, 0.2) is 76.1 Å². The first kappa shape index (κ1) is 20.2. The number of ether oxygens (including phenoxy) is 2. The summed E-state index contributed by atoms with van der Waals surface area (Å²) in [5.74, 6) is -0.321. The minimum atomic E-state index is -0.411. The van der Waals surface area contributed by atoms with Crippen molar-refractivity contribution in [2.45, 2.75) is 12.7 Å². The number of nitrogens with zero attached hydrogens (tertiary/aromatic N) is 1. The van der Waals surface area contributed by atoms with Crippen molar-refractivity contribution in [3.63, 3.8) is 0 Å². The summed E-state index contributed by atoms with van der Waals surface area (Å²) < 4.78 is 16.7. The molecule has 1 unspecified atom stereocenters. The summed E-state index contributed by atoms with van der Waals surface area (Å²) in [5, 5.41) is 0.624. The molecule has 1 aliphatic heterocycles. The smallest absolute Gasteiger partial charge is 0.289 e. The van der Waals surface area contributed by atoms with Gasteiger partial charge in [0.2, 0.25) is 11.2 Å². The first-order chi connectivity index (χ1) is 14.6. The molecule has 4 rings (SSSR count). The van der Waals surface area contributed by atoms with Crippen LogP contribution in [0, 0.1) is 0 Å². The molecule has 0 aliphatic carbocycles. The van der Waals surface area contributed by atoms with E-state index in [0.717, 1.165) is 11.1 Å². The van der Waals surface area contributed by atoms with Crippen LogP contribution in [0.3, 0.4) is 0 Å². The van der Waals surface area contributed by atoms with Gasteiger partial charge in [0.15, 0.2) is 5.76 Å². The van der Waals surface area contributed by atoms with E-state index in [1.807, 2.05) is 42.5 Å². The van der Waals surface area contributed by atoms with Gasteiger partial charge in [-0.05, 0) is 23.3 Å². The molecule has 1 saturated heterocycles. The molecule has 7 heteroatoms. The Morgan fingerprint density at radius 3 is 2.63 bits per heavy atom. The highest BCUT2D eigenvalue weighted by molar-refractivity contribution is 6.30. The fraction of sp³-hybridized carbons (Fsp3) is 0.217. The van der Waals surface area contributed by atoms with E-state index in [1.165, 1.54) is 12.3 Å². The monoisotopic (exact) mass is 425 g/mol. The molecule has 2 heterocycles. The van der Waals surface area contributed by atoms with Gasteiger partial charge in [0.25, 0.3) is 5.91 Å². The minimum Gasteiger partial charge on any atom is -0.482 e. The Labute approximate surface area is 178 Å². The van der Waals surface area contributed by atoms with Crippen LogP contribution >= 0.6 is 11.6 Å². The molecule has 0 spiro atoms. The van der Waals surface area contributed by atoms with E-state index in [1.54, 1.807) is 17.0 Å². The average molecular weight is 426 g/mol. The number of carbonyl (C=O) groups is 1. The van der Waals surface area contributed by atoms with Gasteiger partial charge >= 0.3 is 0 Å². The second kappa shape index (κ2) is 9.15. The van der Waals surface area contributed by atoms with Crippen molar-refractivity contribution < 1.29 is 18.7 Å². The van der Waals surface area contributed by atoms with Crippen LogP contribution in [0.5, 0.6) is 5.75 Å². The maximum atomic E-state index is 12.8. The van der Waals surface area contributed by atoms with Crippen LogP contribution in [-0.4, -0.2) is 30.5 Å². The largest absolute Gasteiger partial charge is 0.482 e. The highest BCUT2D eigenvalue weighted by atomic mass is 35.5. The third kappa shape index (κ3) is 4.72. The van der Waals surface area contributed by atoms with Crippen molar-refractivity contribution in [3.8, 4) is 5.75 Å². The third-order valence-corrected chi connectivity index (χ3v) is 5.09. The second-order valence-corrected chi connectivity index (χ2v) is 7.35. The highest BCUT2D eigenvalue weighted by Crippen LogP contribution is 2.23. The lowest BCUT2D eigenvalue weighted by Gasteiger charge is -2.32. The number of rotatable bonds is 5. The molecule has 1 fully saturated rings. The van der Waals surface area contributed by atoms with Crippen molar-refractivity contribution in [3.05, 3.63) is 99.1 Å². The summed E-state index contributed by atoms with van der Waals surface area (Å²) in [5.41, 5.74) is 1.45. The molecule has 1 aromatic heterocycles. The maximum absolute atomic E-state index is 12.8. The molecule has 2 aromatic carbocycles. The van der Waals surface area contributed by atoms with E-state index in [4.69, 9.17) is 25.5 Å². The zero-order chi connectivity index (χ0) is 20.9. The number of morpholine rings is 1. The fourth-order valence-electron chi connectivity index (χ4n) is 3.22. The second-order valence-electron chi connectivity index (χ2n) is 6.91. The summed E-state index contributed by atoms with van der Waals surface area (Å²) in [6.45, 7) is 1.43.